The van der Waals surface area contributed by atoms with Crippen molar-refractivity contribution in [2.24, 2.45) is 23.7 Å². The van der Waals surface area contributed by atoms with Crippen LogP contribution in [0, 0.1) is 35.5 Å². The fourth-order valence-corrected chi connectivity index (χ4v) is 4.89. The molecule has 30 heavy (non-hydrogen) atoms. The van der Waals surface area contributed by atoms with E-state index in [4.69, 9.17) is 0 Å². The van der Waals surface area contributed by atoms with Crippen LogP contribution in [0.15, 0.2) is 23.8 Å². The predicted molar refractivity (Wildman–Crippen MR) is 127 cm³/mol. The highest BCUT2D eigenvalue weighted by Gasteiger charge is 2.44. The van der Waals surface area contributed by atoms with Gasteiger partial charge in [0.1, 0.15) is 0 Å². The molecule has 0 aromatic rings. The fourth-order valence-electron chi connectivity index (χ4n) is 4.89. The second-order valence-corrected chi connectivity index (χ2v) is 10.6. The highest BCUT2D eigenvalue weighted by Crippen LogP contribution is 2.50. The molecule has 0 amide bonds. The van der Waals surface area contributed by atoms with E-state index in [2.05, 4.69) is 56.7 Å². The number of hydrogen-bond acceptors (Lipinski definition) is 3. The number of aliphatic hydroxyl groups excluding tert-OH is 2. The molecule has 0 saturated heterocycles. The average molecular weight is 416 g/mol. The van der Waals surface area contributed by atoms with E-state index in [1.54, 1.807) is 5.57 Å². The highest BCUT2D eigenvalue weighted by atomic mass is 16.3. The van der Waals surface area contributed by atoms with Crippen molar-refractivity contribution in [3.63, 3.8) is 0 Å². The van der Waals surface area contributed by atoms with Crippen LogP contribution < -0.4 is 0 Å². The molecule has 2 rings (SSSR count). The first kappa shape index (κ1) is 25.2. The van der Waals surface area contributed by atoms with Gasteiger partial charge in [-0.25, -0.2) is 0 Å². The van der Waals surface area contributed by atoms with E-state index in [0.29, 0.717) is 18.3 Å². The van der Waals surface area contributed by atoms with Gasteiger partial charge in [-0.15, -0.1) is 11.8 Å². The summed E-state index contributed by atoms with van der Waals surface area (Å²) in [5, 5.41) is 20.9. The summed E-state index contributed by atoms with van der Waals surface area (Å²) < 4.78 is 0. The zero-order chi connectivity index (χ0) is 22.3. The molecule has 2 N–H and O–H groups in total. The quantitative estimate of drug-likeness (QED) is 0.309. The lowest BCUT2D eigenvalue weighted by atomic mass is 9.89. The normalized spacial score (nSPS) is 30.0. The van der Waals surface area contributed by atoms with E-state index in [0.717, 1.165) is 25.8 Å². The van der Waals surface area contributed by atoms with E-state index in [9.17, 15) is 10.2 Å². The number of rotatable bonds is 9. The maximum Gasteiger partial charge on any atom is 0.0755 e. The first-order valence-electron chi connectivity index (χ1n) is 12.0. The van der Waals surface area contributed by atoms with Gasteiger partial charge in [-0.2, -0.15) is 0 Å². The number of allylic oxidation sites excluding steroid dienone is 2. The van der Waals surface area contributed by atoms with Crippen molar-refractivity contribution in [3.05, 3.63) is 23.8 Å². The van der Waals surface area contributed by atoms with Gasteiger partial charge in [0.05, 0.1) is 12.2 Å². The van der Waals surface area contributed by atoms with Crippen LogP contribution in [0.2, 0.25) is 0 Å². The first-order valence-corrected chi connectivity index (χ1v) is 12.0. The summed E-state index contributed by atoms with van der Waals surface area (Å²) >= 11 is 0. The Balaban J connectivity index is 1.81. The van der Waals surface area contributed by atoms with Crippen LogP contribution >= 0.6 is 0 Å². The molecule has 0 aromatic heterocycles. The van der Waals surface area contributed by atoms with Crippen LogP contribution in [0.1, 0.15) is 79.6 Å². The number of aliphatic hydroxyl groups is 2. The molecule has 0 bridgehead atoms. The summed E-state index contributed by atoms with van der Waals surface area (Å²) in [6.07, 6.45) is 13.3. The number of nitrogens with zero attached hydrogens (tertiary/aromatic N) is 1. The van der Waals surface area contributed by atoms with Crippen LogP contribution in [0.5, 0.6) is 0 Å². The molecular weight excluding hydrogens is 370 g/mol. The van der Waals surface area contributed by atoms with Gasteiger partial charge in [-0.1, -0.05) is 30.7 Å². The molecule has 0 radical (unpaired) electrons. The van der Waals surface area contributed by atoms with Crippen molar-refractivity contribution in [3.8, 4) is 11.8 Å². The largest absolute Gasteiger partial charge is 0.392 e. The zero-order valence-corrected chi connectivity index (χ0v) is 20.2. The van der Waals surface area contributed by atoms with Crippen LogP contribution in [-0.4, -0.2) is 46.5 Å². The Morgan fingerprint density at radius 3 is 2.63 bits per heavy atom. The van der Waals surface area contributed by atoms with Gasteiger partial charge in [-0.05, 0) is 97.6 Å². The lowest BCUT2D eigenvalue weighted by molar-refractivity contribution is 0.137. The predicted octanol–water partition coefficient (Wildman–Crippen LogP) is 5.19. The second-order valence-electron chi connectivity index (χ2n) is 10.6. The molecule has 2 fully saturated rings. The number of unbranched alkanes of at least 4 members (excludes halogenated alkanes) is 2. The van der Waals surface area contributed by atoms with Gasteiger partial charge in [-0.3, -0.25) is 0 Å². The van der Waals surface area contributed by atoms with E-state index in [-0.39, 0.29) is 23.5 Å². The van der Waals surface area contributed by atoms with Crippen LogP contribution in [0.4, 0.5) is 0 Å². The van der Waals surface area contributed by atoms with Crippen LogP contribution in [0.3, 0.4) is 0 Å². The molecule has 2 saturated carbocycles. The Morgan fingerprint density at radius 2 is 1.97 bits per heavy atom. The molecule has 0 aromatic carbocycles. The summed E-state index contributed by atoms with van der Waals surface area (Å²) in [6, 6.07) is 0. The summed E-state index contributed by atoms with van der Waals surface area (Å²) in [6.45, 7) is 11.8. The van der Waals surface area contributed by atoms with Crippen LogP contribution in [-0.2, 0) is 0 Å². The Hall–Kier alpha value is -1.08. The van der Waals surface area contributed by atoms with Crippen molar-refractivity contribution in [1.29, 1.82) is 0 Å². The fraction of sp³-hybridized carbons (Fsp3) is 0.778. The minimum absolute atomic E-state index is 0.124. The Kier molecular flexibility index (Phi) is 9.67. The average Bonchev–Trinajstić information content (AvgIpc) is 3.19. The van der Waals surface area contributed by atoms with Gasteiger partial charge < -0.3 is 15.1 Å². The molecule has 2 aliphatic carbocycles. The Bertz CT molecular complexity index is 648. The minimum atomic E-state index is -0.486. The summed E-state index contributed by atoms with van der Waals surface area (Å²) in [7, 11) is 2.21. The molecular formula is C27H45NO2. The molecule has 0 unspecified atom stereocenters. The summed E-state index contributed by atoms with van der Waals surface area (Å²) in [5.41, 5.74) is 1.84. The van der Waals surface area contributed by atoms with E-state index >= 15 is 0 Å². The molecule has 170 valence electrons. The topological polar surface area (TPSA) is 43.7 Å². The molecule has 3 heteroatoms. The molecule has 0 heterocycles. The lowest BCUT2D eigenvalue weighted by Gasteiger charge is -2.31. The maximum absolute atomic E-state index is 10.6. The third-order valence-electron chi connectivity index (χ3n) is 7.35. The molecule has 0 aliphatic heterocycles. The minimum Gasteiger partial charge on any atom is -0.392 e. The van der Waals surface area contributed by atoms with E-state index < -0.39 is 6.10 Å². The van der Waals surface area contributed by atoms with Crippen molar-refractivity contribution in [1.82, 2.24) is 4.90 Å². The Morgan fingerprint density at radius 1 is 1.23 bits per heavy atom. The third kappa shape index (κ3) is 7.26. The third-order valence-corrected chi connectivity index (χ3v) is 7.35. The van der Waals surface area contributed by atoms with Crippen molar-refractivity contribution < 1.29 is 10.2 Å². The van der Waals surface area contributed by atoms with Crippen molar-refractivity contribution >= 4 is 0 Å². The number of fused-ring (bicyclic) bond motifs is 1. The van der Waals surface area contributed by atoms with Gasteiger partial charge in [0.25, 0.3) is 0 Å². The molecule has 2 aliphatic rings. The lowest BCUT2D eigenvalue weighted by Crippen LogP contribution is -2.38. The smallest absolute Gasteiger partial charge is 0.0755 e. The van der Waals surface area contributed by atoms with Gasteiger partial charge in [0.15, 0.2) is 0 Å². The van der Waals surface area contributed by atoms with E-state index in [1.165, 1.54) is 19.3 Å². The second kappa shape index (κ2) is 11.5. The monoisotopic (exact) mass is 415 g/mol. The molecule has 3 nitrogen and oxygen atoms in total. The van der Waals surface area contributed by atoms with E-state index in [1.807, 2.05) is 19.9 Å². The maximum atomic E-state index is 10.6. The highest BCUT2D eigenvalue weighted by molar-refractivity contribution is 5.18. The van der Waals surface area contributed by atoms with Gasteiger partial charge in [0, 0.05) is 17.9 Å². The van der Waals surface area contributed by atoms with Gasteiger partial charge in [0.2, 0.25) is 0 Å². The van der Waals surface area contributed by atoms with Gasteiger partial charge >= 0.3 is 0 Å². The Labute approximate surface area is 185 Å². The summed E-state index contributed by atoms with van der Waals surface area (Å²) in [4.78, 5) is 2.43. The first-order chi connectivity index (χ1) is 14.1. The van der Waals surface area contributed by atoms with Crippen LogP contribution in [0.25, 0.3) is 0 Å². The molecule has 0 spiro atoms. The van der Waals surface area contributed by atoms with Crippen molar-refractivity contribution in [2.45, 2.75) is 97.3 Å². The standard InChI is InChI=1S/C27H45NO2/c1-7-8-12-20(2)25(29)15-14-23-24-18-21(17-22(24)19-26(23)30)13-10-9-11-16-28(6)27(3,4)5/h13-15,20,22-26,29-30H,9-12,16-19H2,1-6H3/t20-,22-,23+,24-,25+,26+/m0/s1. The SMILES string of the molecule is CC#CC[C@H](C)[C@H](O)C=C[C@@H]1[C@H]2CC(=CCCCCN(C)C(C)(C)C)C[C@H]2C[C@H]1O. The molecule has 6 atom stereocenters. The number of hydrogen-bond donors (Lipinski definition) is 2. The zero-order valence-electron chi connectivity index (χ0n) is 20.2. The summed E-state index contributed by atoms with van der Waals surface area (Å²) in [5.74, 6) is 7.39. The van der Waals surface area contributed by atoms with Crippen molar-refractivity contribution in [2.75, 3.05) is 13.6 Å².